The van der Waals surface area contributed by atoms with Gasteiger partial charge in [-0.15, -0.1) is 0 Å². The van der Waals surface area contributed by atoms with E-state index in [0.717, 1.165) is 24.3 Å². The largest absolute Gasteiger partial charge is 0.371 e. The molecule has 1 atom stereocenters. The topological polar surface area (TPSA) is 59.0 Å². The summed E-state index contributed by atoms with van der Waals surface area (Å²) >= 11 is 0. The highest BCUT2D eigenvalue weighted by Crippen LogP contribution is 2.12. The van der Waals surface area contributed by atoms with Crippen LogP contribution in [0.15, 0.2) is 6.20 Å². The van der Waals surface area contributed by atoms with Crippen LogP contribution in [0.1, 0.15) is 32.9 Å². The van der Waals surface area contributed by atoms with Crippen LogP contribution in [0.25, 0.3) is 0 Å². The van der Waals surface area contributed by atoms with Gasteiger partial charge >= 0.3 is 0 Å². The minimum absolute atomic E-state index is 0.0268. The van der Waals surface area contributed by atoms with Crippen LogP contribution in [0.5, 0.6) is 0 Å². The van der Waals surface area contributed by atoms with Crippen LogP contribution < -0.4 is 10.6 Å². The van der Waals surface area contributed by atoms with Crippen molar-refractivity contribution < 1.29 is 4.79 Å². The van der Waals surface area contributed by atoms with Crippen LogP contribution in [0, 0.1) is 12.8 Å². The van der Waals surface area contributed by atoms with E-state index in [0.29, 0.717) is 5.92 Å². The molecule has 0 radical (unpaired) electrons. The maximum atomic E-state index is 11.8. The molecule has 0 aliphatic heterocycles. The molecule has 0 fully saturated rings. The molecule has 18 heavy (non-hydrogen) atoms. The lowest BCUT2D eigenvalue weighted by Crippen LogP contribution is -2.38. The average Bonchev–Trinajstić information content (AvgIpc) is 2.56. The first-order chi connectivity index (χ1) is 8.40. The number of amides is 1. The molecule has 1 rings (SSSR count). The smallest absolute Gasteiger partial charge is 0.242 e. The number of rotatable bonds is 6. The number of aryl methyl sites for hydroxylation is 2. The first-order valence-corrected chi connectivity index (χ1v) is 6.44. The van der Waals surface area contributed by atoms with Crippen molar-refractivity contribution in [2.75, 3.05) is 11.9 Å². The molecular weight excluding hydrogens is 228 g/mol. The van der Waals surface area contributed by atoms with Gasteiger partial charge in [-0.05, 0) is 26.2 Å². The molecule has 0 aromatic carbocycles. The normalized spacial score (nSPS) is 12.6. The molecule has 0 spiro atoms. The molecule has 1 aromatic rings. The van der Waals surface area contributed by atoms with Crippen molar-refractivity contribution in [1.29, 1.82) is 0 Å². The second-order valence-electron chi connectivity index (χ2n) is 5.14. The first-order valence-electron chi connectivity index (χ1n) is 6.44. The van der Waals surface area contributed by atoms with Crippen molar-refractivity contribution in [2.45, 2.75) is 40.2 Å². The number of anilines is 1. The molecule has 102 valence electrons. The van der Waals surface area contributed by atoms with Crippen molar-refractivity contribution in [3.63, 3.8) is 0 Å². The summed E-state index contributed by atoms with van der Waals surface area (Å²) < 4.78 is 1.74. The summed E-state index contributed by atoms with van der Waals surface area (Å²) in [6.07, 6.45) is 2.89. The maximum Gasteiger partial charge on any atom is 0.242 e. The van der Waals surface area contributed by atoms with Crippen molar-refractivity contribution in [1.82, 2.24) is 15.1 Å². The molecule has 1 heterocycles. The van der Waals surface area contributed by atoms with Gasteiger partial charge in [-0.1, -0.05) is 13.8 Å². The molecule has 1 aromatic heterocycles. The minimum Gasteiger partial charge on any atom is -0.371 e. The molecule has 0 aliphatic carbocycles. The summed E-state index contributed by atoms with van der Waals surface area (Å²) in [6, 6.07) is -0.250. The number of hydrogen-bond acceptors (Lipinski definition) is 3. The van der Waals surface area contributed by atoms with E-state index in [1.165, 1.54) is 0 Å². The summed E-state index contributed by atoms with van der Waals surface area (Å²) in [5.41, 5.74) is 1.81. The van der Waals surface area contributed by atoms with Crippen molar-refractivity contribution in [2.24, 2.45) is 13.0 Å². The van der Waals surface area contributed by atoms with Crippen LogP contribution in [0.3, 0.4) is 0 Å². The summed E-state index contributed by atoms with van der Waals surface area (Å²) in [5, 5.41) is 10.3. The van der Waals surface area contributed by atoms with Crippen molar-refractivity contribution in [3.8, 4) is 0 Å². The third kappa shape index (κ3) is 4.39. The molecule has 5 nitrogen and oxygen atoms in total. The fourth-order valence-corrected chi connectivity index (χ4v) is 1.68. The van der Waals surface area contributed by atoms with E-state index in [9.17, 15) is 4.79 Å². The predicted octanol–water partition coefficient (Wildman–Crippen LogP) is 1.69. The van der Waals surface area contributed by atoms with Gasteiger partial charge in [0.05, 0.1) is 11.4 Å². The fraction of sp³-hybridized carbons (Fsp3) is 0.692. The Morgan fingerprint density at radius 3 is 2.61 bits per heavy atom. The van der Waals surface area contributed by atoms with Gasteiger partial charge in [0.2, 0.25) is 5.91 Å². The van der Waals surface area contributed by atoms with Crippen LogP contribution in [0.2, 0.25) is 0 Å². The Morgan fingerprint density at radius 1 is 1.44 bits per heavy atom. The maximum absolute atomic E-state index is 11.8. The van der Waals surface area contributed by atoms with Crippen LogP contribution in [-0.4, -0.2) is 28.3 Å². The molecule has 1 unspecified atom stereocenters. The summed E-state index contributed by atoms with van der Waals surface area (Å²) in [7, 11) is 1.87. The van der Waals surface area contributed by atoms with Crippen LogP contribution in [0.4, 0.5) is 5.69 Å². The van der Waals surface area contributed by atoms with E-state index in [-0.39, 0.29) is 11.9 Å². The van der Waals surface area contributed by atoms with Gasteiger partial charge < -0.3 is 10.6 Å². The number of carbonyl (C=O) groups excluding carboxylic acids is 1. The Hall–Kier alpha value is -1.52. The molecule has 0 saturated carbocycles. The van der Waals surface area contributed by atoms with Gasteiger partial charge in [0.15, 0.2) is 0 Å². The highest BCUT2D eigenvalue weighted by atomic mass is 16.2. The zero-order valence-corrected chi connectivity index (χ0v) is 11.9. The second kappa shape index (κ2) is 6.42. The van der Waals surface area contributed by atoms with Crippen molar-refractivity contribution >= 4 is 11.6 Å². The van der Waals surface area contributed by atoms with E-state index in [1.807, 2.05) is 27.1 Å². The Morgan fingerprint density at radius 2 is 2.11 bits per heavy atom. The van der Waals surface area contributed by atoms with Gasteiger partial charge in [0.1, 0.15) is 6.04 Å². The molecule has 0 bridgehead atoms. The highest BCUT2D eigenvalue weighted by Gasteiger charge is 2.14. The lowest BCUT2D eigenvalue weighted by Gasteiger charge is -2.15. The minimum atomic E-state index is -0.250. The quantitative estimate of drug-likeness (QED) is 0.810. The van der Waals surface area contributed by atoms with Gasteiger partial charge in [-0.3, -0.25) is 9.48 Å². The van der Waals surface area contributed by atoms with E-state index in [4.69, 9.17) is 0 Å². The number of carbonyl (C=O) groups is 1. The standard InChI is InChI=1S/C13H24N4O/c1-9(2)6-7-14-13(18)11(4)15-12-8-17(5)16-10(12)3/h8-9,11,15H,6-7H2,1-5H3,(H,14,18). The predicted molar refractivity (Wildman–Crippen MR) is 73.5 cm³/mol. The molecule has 5 heteroatoms. The molecular formula is C13H24N4O. The van der Waals surface area contributed by atoms with E-state index in [1.54, 1.807) is 4.68 Å². The second-order valence-corrected chi connectivity index (χ2v) is 5.14. The Kier molecular flexibility index (Phi) is 5.19. The number of nitrogens with one attached hydrogen (secondary N) is 2. The van der Waals surface area contributed by atoms with E-state index >= 15 is 0 Å². The van der Waals surface area contributed by atoms with Gasteiger partial charge in [0, 0.05) is 19.8 Å². The van der Waals surface area contributed by atoms with E-state index in [2.05, 4.69) is 29.6 Å². The Balaban J connectivity index is 2.42. The lowest BCUT2D eigenvalue weighted by molar-refractivity contribution is -0.121. The monoisotopic (exact) mass is 252 g/mol. The van der Waals surface area contributed by atoms with Gasteiger partial charge in [0.25, 0.3) is 0 Å². The third-order valence-electron chi connectivity index (χ3n) is 2.80. The number of hydrogen-bond donors (Lipinski definition) is 2. The fourth-order valence-electron chi connectivity index (χ4n) is 1.68. The summed E-state index contributed by atoms with van der Waals surface area (Å²) in [4.78, 5) is 11.8. The molecule has 2 N–H and O–H groups in total. The molecule has 0 aliphatic rings. The van der Waals surface area contributed by atoms with Gasteiger partial charge in [-0.2, -0.15) is 5.10 Å². The highest BCUT2D eigenvalue weighted by molar-refractivity contribution is 5.84. The van der Waals surface area contributed by atoms with Gasteiger partial charge in [-0.25, -0.2) is 0 Å². The third-order valence-corrected chi connectivity index (χ3v) is 2.80. The summed E-state index contributed by atoms with van der Waals surface area (Å²) in [5.74, 6) is 0.632. The van der Waals surface area contributed by atoms with E-state index < -0.39 is 0 Å². The zero-order chi connectivity index (χ0) is 13.7. The Labute approximate surface area is 109 Å². The zero-order valence-electron chi connectivity index (χ0n) is 11.9. The molecule has 0 saturated heterocycles. The Bertz CT molecular complexity index is 398. The number of aromatic nitrogens is 2. The summed E-state index contributed by atoms with van der Waals surface area (Å²) in [6.45, 7) is 8.80. The lowest BCUT2D eigenvalue weighted by atomic mass is 10.1. The SMILES string of the molecule is Cc1nn(C)cc1NC(C)C(=O)NCCC(C)C. The number of nitrogens with zero attached hydrogens (tertiary/aromatic N) is 2. The van der Waals surface area contributed by atoms with Crippen LogP contribution in [-0.2, 0) is 11.8 Å². The van der Waals surface area contributed by atoms with Crippen LogP contribution >= 0.6 is 0 Å². The molecule has 1 amide bonds. The van der Waals surface area contributed by atoms with Crippen molar-refractivity contribution in [3.05, 3.63) is 11.9 Å². The average molecular weight is 252 g/mol. The first kappa shape index (κ1) is 14.5.